The topological polar surface area (TPSA) is 290 Å². The summed E-state index contributed by atoms with van der Waals surface area (Å²) >= 11 is 0. The zero-order valence-electron chi connectivity index (χ0n) is 16.6. The van der Waals surface area contributed by atoms with E-state index in [1.54, 1.807) is 0 Å². The number of ether oxygens (including phenoxy) is 1. The summed E-state index contributed by atoms with van der Waals surface area (Å²) in [5, 5.41) is 20.5. The maximum atomic E-state index is 11.9. The molecule has 0 bridgehead atoms. The van der Waals surface area contributed by atoms with Crippen molar-refractivity contribution in [3.05, 3.63) is 16.7 Å². The van der Waals surface area contributed by atoms with Gasteiger partial charge >= 0.3 is 52.6 Å². The Bertz CT molecular complexity index is 1210. The minimum Gasteiger partial charge on any atom is -0.387 e. The molecule has 1 saturated heterocycles. The largest absolute Gasteiger partial charge is 1.00 e. The summed E-state index contributed by atoms with van der Waals surface area (Å²) in [6, 6.07) is 0. The minimum atomic E-state index is -5.35. The Morgan fingerprint density at radius 2 is 1.82 bits per heavy atom. The van der Waals surface area contributed by atoms with Crippen LogP contribution in [0.2, 0.25) is 0 Å². The number of imidazole rings is 1. The molecule has 2 aromatic heterocycles. The molecule has 0 aliphatic carbocycles. The van der Waals surface area contributed by atoms with Crippen molar-refractivity contribution in [1.82, 2.24) is 19.5 Å². The smallest absolute Gasteiger partial charge is 0.387 e. The predicted octanol–water partition coefficient (Wildman–Crippen LogP) is -5.22. The number of aromatic nitrogens is 4. The van der Waals surface area contributed by atoms with Gasteiger partial charge in [0.05, 0.1) is 12.9 Å². The molecule has 18 nitrogen and oxygen atoms in total. The second kappa shape index (κ2) is 10.2. The number of nitrogen functional groups attached to an aromatic ring is 1. The van der Waals surface area contributed by atoms with Gasteiger partial charge in [0.2, 0.25) is 5.95 Å². The average molecular weight is 544 g/mol. The molecule has 3 heterocycles. The van der Waals surface area contributed by atoms with Crippen molar-refractivity contribution >= 4 is 40.1 Å². The van der Waals surface area contributed by atoms with Crippen LogP contribution in [-0.2, 0) is 27.3 Å². The first-order chi connectivity index (χ1) is 14.6. The first-order valence-corrected chi connectivity index (χ1v) is 13.4. The molecular weight excluding hydrogens is 526 g/mol. The van der Waals surface area contributed by atoms with Gasteiger partial charge < -0.3 is 40.3 Å². The number of hydrogen-bond donors (Lipinski definition) is 8. The molecule has 0 spiro atoms. The molecule has 0 amide bonds. The van der Waals surface area contributed by atoms with Crippen molar-refractivity contribution in [2.45, 2.75) is 24.5 Å². The number of hydrogen-bond acceptors (Lipinski definition) is 12. The zero-order chi connectivity index (χ0) is 24.1. The van der Waals surface area contributed by atoms with Gasteiger partial charge in [-0.2, -0.15) is 4.98 Å². The number of aromatic amines is 1. The number of anilines is 1. The van der Waals surface area contributed by atoms with Crippen molar-refractivity contribution in [2.24, 2.45) is 0 Å². The summed E-state index contributed by atoms with van der Waals surface area (Å²) in [5.74, 6) is -2.00. The number of phosphoric acid groups is 1. The Morgan fingerprint density at radius 1 is 1.18 bits per heavy atom. The SMILES string of the molecule is Nc1nc2c(ncn2C2OC(COP(=O)(O)OP(=O)(O)CP(=O)(O)O)C(O)C2O)c(=O)[nH]1.[Na+]. The van der Waals surface area contributed by atoms with Gasteiger partial charge in [0.15, 0.2) is 23.3 Å². The number of nitrogens with one attached hydrogen (secondary N) is 1. The average Bonchev–Trinajstić information content (AvgIpc) is 3.12. The molecule has 0 saturated carbocycles. The van der Waals surface area contributed by atoms with E-state index in [2.05, 4.69) is 23.8 Å². The molecule has 1 fully saturated rings. The van der Waals surface area contributed by atoms with E-state index in [-0.39, 0.29) is 46.7 Å². The van der Waals surface area contributed by atoms with Crippen LogP contribution in [0, 0.1) is 0 Å². The van der Waals surface area contributed by atoms with E-state index in [1.165, 1.54) is 0 Å². The van der Waals surface area contributed by atoms with Crippen molar-refractivity contribution in [2.75, 3.05) is 18.2 Å². The molecule has 6 unspecified atom stereocenters. The van der Waals surface area contributed by atoms with Crippen LogP contribution in [0.15, 0.2) is 11.1 Å². The second-order valence-corrected chi connectivity index (χ2v) is 12.2. The molecule has 1 aliphatic rings. The molecule has 1 aliphatic heterocycles. The number of nitrogens with two attached hydrogens (primary N) is 1. The number of nitrogens with zero attached hydrogens (tertiary/aromatic N) is 3. The van der Waals surface area contributed by atoms with Gasteiger partial charge in [0.1, 0.15) is 18.3 Å². The summed E-state index contributed by atoms with van der Waals surface area (Å²) < 4.78 is 49.1. The fraction of sp³-hybridized carbons (Fsp3) is 0.545. The number of phosphoric ester groups is 1. The maximum absolute atomic E-state index is 11.9. The molecule has 3 rings (SSSR count). The molecule has 180 valence electrons. The Morgan fingerprint density at radius 3 is 2.42 bits per heavy atom. The van der Waals surface area contributed by atoms with Crippen LogP contribution in [0.3, 0.4) is 0 Å². The Kier molecular flexibility index (Phi) is 8.90. The van der Waals surface area contributed by atoms with Crippen LogP contribution in [0.4, 0.5) is 5.95 Å². The van der Waals surface area contributed by atoms with Crippen LogP contribution < -0.4 is 40.9 Å². The molecule has 6 atom stereocenters. The molecule has 9 N–H and O–H groups in total. The van der Waals surface area contributed by atoms with Gasteiger partial charge in [-0.25, -0.2) is 13.9 Å². The van der Waals surface area contributed by atoms with E-state index >= 15 is 0 Å². The Labute approximate surface area is 205 Å². The molecule has 0 radical (unpaired) electrons. The van der Waals surface area contributed by atoms with Gasteiger partial charge in [-0.1, -0.05) is 0 Å². The van der Waals surface area contributed by atoms with Gasteiger partial charge in [0, 0.05) is 0 Å². The molecular formula is C11H18N5NaO13P3+. The summed E-state index contributed by atoms with van der Waals surface area (Å²) in [6.07, 6.45) is -5.19. The first kappa shape index (κ1) is 28.7. The third-order valence-electron chi connectivity index (χ3n) is 4.06. The number of aliphatic hydroxyl groups excluding tert-OH is 2. The first-order valence-electron chi connectivity index (χ1n) is 8.37. The number of aliphatic hydroxyl groups is 2. The number of rotatable bonds is 8. The summed E-state index contributed by atoms with van der Waals surface area (Å²) in [6.45, 7) is -0.957. The monoisotopic (exact) mass is 544 g/mol. The van der Waals surface area contributed by atoms with Crippen LogP contribution >= 0.6 is 23.0 Å². The van der Waals surface area contributed by atoms with Gasteiger partial charge in [-0.05, 0) is 0 Å². The molecule has 22 heteroatoms. The van der Waals surface area contributed by atoms with Gasteiger partial charge in [0.25, 0.3) is 5.56 Å². The standard InChI is InChI=1S/C11H18N5O13P3.Na/c12-11-14-8-5(9(19)15-11)13-2-16(8)10-7(18)6(17)4(28-10)1-27-32(25,26)29-31(23,24)3-30(20,21)22;/h2,4,6-7,10,17-18H,1,3H2,(H,23,24)(H,25,26)(H2,20,21,22)(H3,12,14,15,19);/q;+1. The Hall–Kier alpha value is -0.520. The summed E-state index contributed by atoms with van der Waals surface area (Å²) in [7, 11) is -15.7. The van der Waals surface area contributed by atoms with Crippen LogP contribution in [0.25, 0.3) is 11.2 Å². The quantitative estimate of drug-likeness (QED) is 0.114. The minimum absolute atomic E-state index is 0. The fourth-order valence-electron chi connectivity index (χ4n) is 2.84. The van der Waals surface area contributed by atoms with Gasteiger partial charge in [-0.3, -0.25) is 28.0 Å². The van der Waals surface area contributed by atoms with Crippen LogP contribution in [0.1, 0.15) is 6.23 Å². The van der Waals surface area contributed by atoms with E-state index in [1.807, 2.05) is 0 Å². The van der Waals surface area contributed by atoms with E-state index in [0.29, 0.717) is 0 Å². The number of H-pyrrole nitrogens is 1. The molecule has 33 heavy (non-hydrogen) atoms. The zero-order valence-corrected chi connectivity index (χ0v) is 21.3. The summed E-state index contributed by atoms with van der Waals surface area (Å²) in [4.78, 5) is 58.1. The van der Waals surface area contributed by atoms with Crippen molar-refractivity contribution in [1.29, 1.82) is 0 Å². The van der Waals surface area contributed by atoms with E-state index in [4.69, 9.17) is 20.3 Å². The number of fused-ring (bicyclic) bond motifs is 1. The summed E-state index contributed by atoms with van der Waals surface area (Å²) in [5.41, 5.74) is 4.55. The maximum Gasteiger partial charge on any atom is 1.00 e. The fourth-order valence-corrected chi connectivity index (χ4v) is 7.18. The third kappa shape index (κ3) is 7.01. The van der Waals surface area contributed by atoms with E-state index in [0.717, 1.165) is 10.9 Å². The van der Waals surface area contributed by atoms with Crippen molar-refractivity contribution in [3.63, 3.8) is 0 Å². The normalized spacial score (nSPS) is 27.1. The van der Waals surface area contributed by atoms with Gasteiger partial charge in [-0.15, -0.1) is 0 Å². The van der Waals surface area contributed by atoms with Crippen LogP contribution in [0.5, 0.6) is 0 Å². The predicted molar refractivity (Wildman–Crippen MR) is 102 cm³/mol. The molecule has 2 aromatic rings. The van der Waals surface area contributed by atoms with Crippen molar-refractivity contribution < 1.29 is 86.6 Å². The van der Waals surface area contributed by atoms with Crippen molar-refractivity contribution in [3.8, 4) is 0 Å². The second-order valence-electron chi connectivity index (χ2n) is 6.61. The third-order valence-corrected chi connectivity index (χ3v) is 9.28. The van der Waals surface area contributed by atoms with Crippen LogP contribution in [-0.4, -0.2) is 80.1 Å². The van der Waals surface area contributed by atoms with E-state index < -0.39 is 65.6 Å². The molecule has 0 aromatic carbocycles. The Balaban J connectivity index is 0.00000385. The van der Waals surface area contributed by atoms with E-state index in [9.17, 15) is 38.5 Å².